The molecule has 0 aromatic carbocycles. The minimum absolute atomic E-state index is 0.229. The molecule has 1 aromatic rings. The minimum atomic E-state index is 0.229. The van der Waals surface area contributed by atoms with Crippen LogP contribution in [0.5, 0.6) is 0 Å². The fourth-order valence-corrected chi connectivity index (χ4v) is 2.82. The number of amides is 1. The number of hydrogen-bond donors (Lipinski definition) is 1. The van der Waals surface area contributed by atoms with Gasteiger partial charge in [0.05, 0.1) is 6.54 Å². The molecule has 2 rings (SSSR count). The van der Waals surface area contributed by atoms with E-state index in [0.29, 0.717) is 13.0 Å². The van der Waals surface area contributed by atoms with E-state index in [2.05, 4.69) is 36.8 Å². The quantitative estimate of drug-likeness (QED) is 0.838. The first-order valence-electron chi connectivity index (χ1n) is 7.38. The minimum Gasteiger partial charge on any atom is -0.347 e. The molecule has 2 heterocycles. The third kappa shape index (κ3) is 3.95. The zero-order chi connectivity index (χ0) is 14.6. The number of nitrogens with zero attached hydrogens (tertiary/aromatic N) is 2. The largest absolute Gasteiger partial charge is 0.347 e. The number of hydrogen-bond acceptors (Lipinski definition) is 2. The predicted octanol–water partition coefficient (Wildman–Crippen LogP) is 3.28. The summed E-state index contributed by atoms with van der Waals surface area (Å²) in [4.78, 5) is 21.3. The van der Waals surface area contributed by atoms with Crippen molar-refractivity contribution in [3.63, 3.8) is 0 Å². The first-order chi connectivity index (χ1) is 9.48. The number of H-pyrrole nitrogens is 1. The van der Waals surface area contributed by atoms with Crippen LogP contribution in [0.1, 0.15) is 52.3 Å². The van der Waals surface area contributed by atoms with Crippen molar-refractivity contribution in [1.82, 2.24) is 14.9 Å². The van der Waals surface area contributed by atoms with E-state index >= 15 is 0 Å². The summed E-state index contributed by atoms with van der Waals surface area (Å²) in [5, 5.41) is 0. The molecule has 0 saturated carbocycles. The van der Waals surface area contributed by atoms with Crippen molar-refractivity contribution in [1.29, 1.82) is 0 Å². The van der Waals surface area contributed by atoms with Crippen LogP contribution in [0.2, 0.25) is 0 Å². The van der Waals surface area contributed by atoms with Gasteiger partial charge in [0, 0.05) is 25.4 Å². The second-order valence-corrected chi connectivity index (χ2v) is 6.42. The Morgan fingerprint density at radius 1 is 1.55 bits per heavy atom. The monoisotopic (exact) mass is 275 g/mol. The molecule has 4 nitrogen and oxygen atoms in total. The van der Waals surface area contributed by atoms with Gasteiger partial charge in [0.25, 0.3) is 0 Å². The van der Waals surface area contributed by atoms with Crippen molar-refractivity contribution in [2.75, 3.05) is 6.54 Å². The third-order valence-electron chi connectivity index (χ3n) is 4.06. The van der Waals surface area contributed by atoms with Gasteiger partial charge < -0.3 is 9.88 Å². The van der Waals surface area contributed by atoms with Crippen molar-refractivity contribution in [3.8, 4) is 0 Å². The van der Waals surface area contributed by atoms with E-state index in [9.17, 15) is 4.79 Å². The Morgan fingerprint density at radius 3 is 3.00 bits per heavy atom. The Balaban J connectivity index is 1.95. The molecule has 110 valence electrons. The summed E-state index contributed by atoms with van der Waals surface area (Å²) >= 11 is 0. The molecule has 0 spiro atoms. The maximum atomic E-state index is 12.1. The van der Waals surface area contributed by atoms with Gasteiger partial charge in [-0.1, -0.05) is 18.6 Å². The summed E-state index contributed by atoms with van der Waals surface area (Å²) in [6.07, 6.45) is 9.72. The molecule has 1 aromatic heterocycles. The lowest BCUT2D eigenvalue weighted by Gasteiger charge is -2.40. The average Bonchev–Trinajstić information content (AvgIpc) is 2.86. The smallest absolute Gasteiger partial charge is 0.223 e. The van der Waals surface area contributed by atoms with E-state index in [1.54, 1.807) is 12.4 Å². The standard InChI is InChI=1S/C16H25N3O/c1-13(2)5-4-7-16(3)8-6-15(20)19(12-16)11-14-17-9-10-18-14/h5,9-10H,4,6-8,11-12H2,1-3H3,(H,17,18)/t16-/m1/s1. The van der Waals surface area contributed by atoms with Gasteiger partial charge in [0.15, 0.2) is 0 Å². The number of rotatable bonds is 5. The van der Waals surface area contributed by atoms with Crippen LogP contribution in [0, 0.1) is 5.41 Å². The van der Waals surface area contributed by atoms with Crippen LogP contribution in [-0.2, 0) is 11.3 Å². The maximum Gasteiger partial charge on any atom is 0.223 e. The van der Waals surface area contributed by atoms with E-state index in [-0.39, 0.29) is 11.3 Å². The fourth-order valence-electron chi connectivity index (χ4n) is 2.82. The Labute approximate surface area is 121 Å². The van der Waals surface area contributed by atoms with E-state index in [0.717, 1.165) is 31.6 Å². The van der Waals surface area contributed by atoms with Crippen LogP contribution in [0.15, 0.2) is 24.0 Å². The number of carbonyl (C=O) groups is 1. The van der Waals surface area contributed by atoms with Gasteiger partial charge in [-0.05, 0) is 38.5 Å². The highest BCUT2D eigenvalue weighted by molar-refractivity contribution is 5.77. The number of aromatic amines is 1. The maximum absolute atomic E-state index is 12.1. The summed E-state index contributed by atoms with van der Waals surface area (Å²) < 4.78 is 0. The molecular weight excluding hydrogens is 250 g/mol. The Kier molecular flexibility index (Phi) is 4.63. The fraction of sp³-hybridized carbons (Fsp3) is 0.625. The van der Waals surface area contributed by atoms with Crippen LogP contribution in [0.3, 0.4) is 0 Å². The van der Waals surface area contributed by atoms with Gasteiger partial charge >= 0.3 is 0 Å². The van der Waals surface area contributed by atoms with Gasteiger partial charge in [-0.25, -0.2) is 4.98 Å². The summed E-state index contributed by atoms with van der Waals surface area (Å²) in [5.74, 6) is 1.12. The summed E-state index contributed by atoms with van der Waals surface area (Å²) in [5.41, 5.74) is 1.60. The van der Waals surface area contributed by atoms with Crippen LogP contribution < -0.4 is 0 Å². The molecule has 1 aliphatic rings. The third-order valence-corrected chi connectivity index (χ3v) is 4.06. The number of likely N-dealkylation sites (tertiary alicyclic amines) is 1. The molecule has 1 amide bonds. The van der Waals surface area contributed by atoms with E-state index in [1.165, 1.54) is 5.57 Å². The molecule has 0 radical (unpaired) electrons. The summed E-state index contributed by atoms with van der Waals surface area (Å²) in [6, 6.07) is 0. The molecule has 20 heavy (non-hydrogen) atoms. The topological polar surface area (TPSA) is 49.0 Å². The van der Waals surface area contributed by atoms with Crippen molar-refractivity contribution in [2.24, 2.45) is 5.41 Å². The number of carbonyl (C=O) groups excluding carboxylic acids is 1. The van der Waals surface area contributed by atoms with Crippen LogP contribution in [0.4, 0.5) is 0 Å². The van der Waals surface area contributed by atoms with Crippen molar-refractivity contribution < 1.29 is 4.79 Å². The van der Waals surface area contributed by atoms with Crippen LogP contribution in [0.25, 0.3) is 0 Å². The van der Waals surface area contributed by atoms with E-state index in [1.807, 2.05) is 4.90 Å². The molecule has 1 saturated heterocycles. The molecule has 0 bridgehead atoms. The number of imidazole rings is 1. The number of allylic oxidation sites excluding steroid dienone is 2. The molecule has 1 aliphatic heterocycles. The molecule has 1 N–H and O–H groups in total. The second kappa shape index (κ2) is 6.25. The lowest BCUT2D eigenvalue weighted by atomic mass is 9.77. The van der Waals surface area contributed by atoms with E-state index in [4.69, 9.17) is 0 Å². The Hall–Kier alpha value is -1.58. The van der Waals surface area contributed by atoms with Crippen molar-refractivity contribution >= 4 is 5.91 Å². The summed E-state index contributed by atoms with van der Waals surface area (Å²) in [7, 11) is 0. The lowest BCUT2D eigenvalue weighted by molar-refractivity contribution is -0.138. The first-order valence-corrected chi connectivity index (χ1v) is 7.38. The van der Waals surface area contributed by atoms with Crippen LogP contribution >= 0.6 is 0 Å². The van der Waals surface area contributed by atoms with Gasteiger partial charge in [0.1, 0.15) is 5.82 Å². The average molecular weight is 275 g/mol. The predicted molar refractivity (Wildman–Crippen MR) is 80.0 cm³/mol. The number of piperidine rings is 1. The highest BCUT2D eigenvalue weighted by Gasteiger charge is 2.34. The SMILES string of the molecule is CC(C)=CCC[C@]1(C)CCC(=O)N(Cc2ncc[nH]2)C1. The first kappa shape index (κ1) is 14.8. The van der Waals surface area contributed by atoms with Crippen molar-refractivity contribution in [2.45, 2.75) is 53.0 Å². The summed E-state index contributed by atoms with van der Waals surface area (Å²) in [6.45, 7) is 8.01. The second-order valence-electron chi connectivity index (χ2n) is 6.42. The molecular formula is C16H25N3O. The normalized spacial score (nSPS) is 22.9. The molecule has 0 unspecified atom stereocenters. The number of aromatic nitrogens is 2. The van der Waals surface area contributed by atoms with Gasteiger partial charge in [-0.3, -0.25) is 4.79 Å². The molecule has 1 fully saturated rings. The molecule has 1 atom stereocenters. The molecule has 0 aliphatic carbocycles. The highest BCUT2D eigenvalue weighted by atomic mass is 16.2. The molecule has 4 heteroatoms. The highest BCUT2D eigenvalue weighted by Crippen LogP contribution is 2.35. The van der Waals surface area contributed by atoms with Gasteiger partial charge in [0.2, 0.25) is 5.91 Å². The zero-order valence-electron chi connectivity index (χ0n) is 12.8. The Morgan fingerprint density at radius 2 is 2.35 bits per heavy atom. The van der Waals surface area contributed by atoms with Crippen molar-refractivity contribution in [3.05, 3.63) is 29.9 Å². The van der Waals surface area contributed by atoms with Gasteiger partial charge in [-0.15, -0.1) is 0 Å². The number of nitrogens with one attached hydrogen (secondary N) is 1. The van der Waals surface area contributed by atoms with Crippen LogP contribution in [-0.4, -0.2) is 27.3 Å². The Bertz CT molecular complexity index is 474. The van der Waals surface area contributed by atoms with E-state index < -0.39 is 0 Å². The lowest BCUT2D eigenvalue weighted by Crippen LogP contribution is -2.44. The zero-order valence-corrected chi connectivity index (χ0v) is 12.8. The van der Waals surface area contributed by atoms with Gasteiger partial charge in [-0.2, -0.15) is 0 Å².